The van der Waals surface area contributed by atoms with E-state index in [1.807, 2.05) is 11.7 Å². The van der Waals surface area contributed by atoms with Crippen LogP contribution in [-0.4, -0.2) is 36.0 Å². The van der Waals surface area contributed by atoms with E-state index in [-0.39, 0.29) is 0 Å². The summed E-state index contributed by atoms with van der Waals surface area (Å²) in [6.07, 6.45) is 4.99. The van der Waals surface area contributed by atoms with Crippen molar-refractivity contribution in [2.24, 2.45) is 14.1 Å². The molecule has 2 fully saturated rings. The molecule has 0 spiro atoms. The molecule has 124 valence electrons. The van der Waals surface area contributed by atoms with Gasteiger partial charge in [0.05, 0.1) is 12.2 Å². The summed E-state index contributed by atoms with van der Waals surface area (Å²) < 4.78 is 4.23. The van der Waals surface area contributed by atoms with Gasteiger partial charge in [0, 0.05) is 37.3 Å². The summed E-state index contributed by atoms with van der Waals surface area (Å²) in [5.41, 5.74) is 3.86. The van der Waals surface area contributed by atoms with Gasteiger partial charge in [0.1, 0.15) is 11.6 Å². The fourth-order valence-corrected chi connectivity index (χ4v) is 4.01. The van der Waals surface area contributed by atoms with Gasteiger partial charge in [-0.25, -0.2) is 0 Å². The highest BCUT2D eigenvalue weighted by atomic mass is 15.3. The lowest BCUT2D eigenvalue weighted by atomic mass is 10.0. The van der Waals surface area contributed by atoms with Gasteiger partial charge in [-0.2, -0.15) is 5.10 Å². The summed E-state index contributed by atoms with van der Waals surface area (Å²) in [6.45, 7) is 6.32. The SMILES string of the molecule is Cc1nn(C)c(C)c1[C@@H]1CCCN1Cc1nnc(C2CC2)n1C. The largest absolute Gasteiger partial charge is 0.317 e. The van der Waals surface area contributed by atoms with E-state index >= 15 is 0 Å². The summed E-state index contributed by atoms with van der Waals surface area (Å²) in [7, 11) is 4.16. The van der Waals surface area contributed by atoms with E-state index < -0.39 is 0 Å². The molecule has 0 radical (unpaired) electrons. The molecule has 2 aliphatic rings. The van der Waals surface area contributed by atoms with Gasteiger partial charge < -0.3 is 4.57 Å². The molecule has 0 amide bonds. The van der Waals surface area contributed by atoms with Crippen molar-refractivity contribution in [2.75, 3.05) is 6.54 Å². The van der Waals surface area contributed by atoms with Gasteiger partial charge in [-0.05, 0) is 46.1 Å². The zero-order chi connectivity index (χ0) is 16.1. The average Bonchev–Trinajstić information content (AvgIpc) is 3.08. The minimum atomic E-state index is 0.463. The molecule has 1 aliphatic carbocycles. The van der Waals surface area contributed by atoms with Gasteiger partial charge in [-0.3, -0.25) is 9.58 Å². The van der Waals surface area contributed by atoms with Crippen LogP contribution in [0.2, 0.25) is 0 Å². The Morgan fingerprint density at radius 2 is 1.87 bits per heavy atom. The molecule has 23 heavy (non-hydrogen) atoms. The molecule has 3 heterocycles. The van der Waals surface area contributed by atoms with Crippen molar-refractivity contribution < 1.29 is 0 Å². The summed E-state index contributed by atoms with van der Waals surface area (Å²) >= 11 is 0. The van der Waals surface area contributed by atoms with Crippen molar-refractivity contribution in [1.29, 1.82) is 0 Å². The number of likely N-dealkylation sites (tertiary alicyclic amines) is 1. The lowest BCUT2D eigenvalue weighted by Crippen LogP contribution is -2.25. The number of rotatable bonds is 4. The Labute approximate surface area is 137 Å². The molecule has 2 aromatic heterocycles. The van der Waals surface area contributed by atoms with Gasteiger partial charge in [0.15, 0.2) is 0 Å². The first-order chi connectivity index (χ1) is 11.1. The van der Waals surface area contributed by atoms with Crippen LogP contribution < -0.4 is 0 Å². The Bertz CT molecular complexity index is 724. The third-order valence-corrected chi connectivity index (χ3v) is 5.55. The fourth-order valence-electron chi connectivity index (χ4n) is 4.01. The lowest BCUT2D eigenvalue weighted by Gasteiger charge is -2.24. The zero-order valence-corrected chi connectivity index (χ0v) is 14.6. The Kier molecular flexibility index (Phi) is 3.52. The molecule has 1 atom stereocenters. The van der Waals surface area contributed by atoms with Crippen LogP contribution in [0.15, 0.2) is 0 Å². The second kappa shape index (κ2) is 5.44. The van der Waals surface area contributed by atoms with Crippen molar-refractivity contribution in [1.82, 2.24) is 29.4 Å². The van der Waals surface area contributed by atoms with E-state index in [0.29, 0.717) is 12.0 Å². The highest BCUT2D eigenvalue weighted by Crippen LogP contribution is 2.39. The first-order valence-corrected chi connectivity index (χ1v) is 8.68. The molecule has 0 bridgehead atoms. The van der Waals surface area contributed by atoms with Crippen LogP contribution >= 0.6 is 0 Å². The van der Waals surface area contributed by atoms with E-state index in [1.165, 1.54) is 48.5 Å². The second-order valence-corrected chi connectivity index (χ2v) is 7.14. The minimum absolute atomic E-state index is 0.463. The molecule has 1 saturated heterocycles. The number of hydrogen-bond acceptors (Lipinski definition) is 4. The van der Waals surface area contributed by atoms with Gasteiger partial charge in [-0.15, -0.1) is 10.2 Å². The fraction of sp³-hybridized carbons (Fsp3) is 0.706. The molecule has 1 saturated carbocycles. The summed E-state index contributed by atoms with van der Waals surface area (Å²) in [4.78, 5) is 2.55. The van der Waals surface area contributed by atoms with E-state index in [1.54, 1.807) is 0 Å². The average molecular weight is 314 g/mol. The minimum Gasteiger partial charge on any atom is -0.317 e. The normalized spacial score (nSPS) is 22.2. The molecule has 4 rings (SSSR count). The van der Waals surface area contributed by atoms with E-state index in [9.17, 15) is 0 Å². The highest BCUT2D eigenvalue weighted by molar-refractivity contribution is 5.29. The Morgan fingerprint density at radius 1 is 1.09 bits per heavy atom. The highest BCUT2D eigenvalue weighted by Gasteiger charge is 2.33. The Hall–Kier alpha value is -1.69. The van der Waals surface area contributed by atoms with Gasteiger partial charge >= 0.3 is 0 Å². The number of aromatic nitrogens is 5. The van der Waals surface area contributed by atoms with Crippen LogP contribution in [0.5, 0.6) is 0 Å². The maximum atomic E-state index is 4.61. The van der Waals surface area contributed by atoms with Crippen molar-refractivity contribution in [3.8, 4) is 0 Å². The van der Waals surface area contributed by atoms with E-state index in [2.05, 4.69) is 45.7 Å². The van der Waals surface area contributed by atoms with Crippen LogP contribution in [0.25, 0.3) is 0 Å². The topological polar surface area (TPSA) is 51.8 Å². The van der Waals surface area contributed by atoms with E-state index in [0.717, 1.165) is 18.9 Å². The van der Waals surface area contributed by atoms with Crippen molar-refractivity contribution in [3.63, 3.8) is 0 Å². The predicted molar refractivity (Wildman–Crippen MR) is 88.0 cm³/mol. The van der Waals surface area contributed by atoms with Gasteiger partial charge in [-0.1, -0.05) is 0 Å². The van der Waals surface area contributed by atoms with Gasteiger partial charge in [0.2, 0.25) is 0 Å². The van der Waals surface area contributed by atoms with Crippen LogP contribution in [0.1, 0.15) is 66.2 Å². The van der Waals surface area contributed by atoms with Gasteiger partial charge in [0.25, 0.3) is 0 Å². The first-order valence-electron chi connectivity index (χ1n) is 8.68. The lowest BCUT2D eigenvalue weighted by molar-refractivity contribution is 0.238. The third-order valence-electron chi connectivity index (χ3n) is 5.55. The smallest absolute Gasteiger partial charge is 0.146 e. The predicted octanol–water partition coefficient (Wildman–Crippen LogP) is 2.38. The van der Waals surface area contributed by atoms with Crippen molar-refractivity contribution in [2.45, 2.75) is 58.0 Å². The summed E-state index contributed by atoms with van der Waals surface area (Å²) in [5, 5.41) is 13.5. The Morgan fingerprint density at radius 3 is 2.52 bits per heavy atom. The quantitative estimate of drug-likeness (QED) is 0.869. The molecular formula is C17H26N6. The standard InChI is InChI=1S/C17H26N6/c1-11-16(12(2)22(4)20-11)14-6-5-9-23(14)10-15-18-19-17(21(15)3)13-7-8-13/h13-14H,5-10H2,1-4H3/t14-/m0/s1. The molecular weight excluding hydrogens is 288 g/mol. The summed E-state index contributed by atoms with van der Waals surface area (Å²) in [5.74, 6) is 2.92. The molecule has 1 aliphatic heterocycles. The molecule has 0 N–H and O–H groups in total. The van der Waals surface area contributed by atoms with Crippen LogP contribution in [0, 0.1) is 13.8 Å². The second-order valence-electron chi connectivity index (χ2n) is 7.14. The number of aryl methyl sites for hydroxylation is 2. The number of nitrogens with zero attached hydrogens (tertiary/aromatic N) is 6. The van der Waals surface area contributed by atoms with Crippen molar-refractivity contribution >= 4 is 0 Å². The van der Waals surface area contributed by atoms with Crippen LogP contribution in [0.3, 0.4) is 0 Å². The molecule has 2 aromatic rings. The molecule has 6 heteroatoms. The number of hydrogen-bond donors (Lipinski definition) is 0. The summed E-state index contributed by atoms with van der Waals surface area (Å²) in [6, 6.07) is 0.463. The molecule has 0 unspecified atom stereocenters. The third kappa shape index (κ3) is 2.49. The molecule has 0 aromatic carbocycles. The Balaban J connectivity index is 1.58. The molecule has 6 nitrogen and oxygen atoms in total. The first kappa shape index (κ1) is 14.9. The van der Waals surface area contributed by atoms with Crippen LogP contribution in [0.4, 0.5) is 0 Å². The zero-order valence-electron chi connectivity index (χ0n) is 14.6. The van der Waals surface area contributed by atoms with Crippen LogP contribution in [-0.2, 0) is 20.6 Å². The maximum Gasteiger partial charge on any atom is 0.146 e. The maximum absolute atomic E-state index is 4.61. The van der Waals surface area contributed by atoms with E-state index in [4.69, 9.17) is 0 Å². The monoisotopic (exact) mass is 314 g/mol. The van der Waals surface area contributed by atoms with Crippen molar-refractivity contribution in [3.05, 3.63) is 28.6 Å².